The molecule has 0 saturated carbocycles. The van der Waals surface area contributed by atoms with E-state index in [0.29, 0.717) is 12.1 Å². The third-order valence-electron chi connectivity index (χ3n) is 3.15. The number of ether oxygens (including phenoxy) is 1. The Morgan fingerprint density at radius 3 is 2.76 bits per heavy atom. The van der Waals surface area contributed by atoms with E-state index in [2.05, 4.69) is 47.5 Å². The highest BCUT2D eigenvalue weighted by Gasteiger charge is 2.23. The summed E-state index contributed by atoms with van der Waals surface area (Å²) >= 11 is 0. The minimum Gasteiger partial charge on any atom is -0.383 e. The van der Waals surface area contributed by atoms with Gasteiger partial charge >= 0.3 is 0 Å². The van der Waals surface area contributed by atoms with Crippen LogP contribution in [-0.2, 0) is 11.3 Å². The third kappa shape index (κ3) is 3.80. The molecule has 1 aromatic carbocycles. The molecule has 1 fully saturated rings. The largest absolute Gasteiger partial charge is 0.383 e. The lowest BCUT2D eigenvalue weighted by molar-refractivity contribution is 0.0951. The van der Waals surface area contributed by atoms with E-state index >= 15 is 0 Å². The molecule has 1 aromatic rings. The van der Waals surface area contributed by atoms with Gasteiger partial charge in [0.2, 0.25) is 0 Å². The van der Waals surface area contributed by atoms with Crippen molar-refractivity contribution in [2.24, 2.45) is 0 Å². The monoisotopic (exact) mass is 234 g/mol. The highest BCUT2D eigenvalue weighted by molar-refractivity contribution is 5.14. The first-order chi connectivity index (χ1) is 8.28. The zero-order valence-corrected chi connectivity index (χ0v) is 10.7. The van der Waals surface area contributed by atoms with Crippen molar-refractivity contribution in [3.8, 4) is 0 Å². The summed E-state index contributed by atoms with van der Waals surface area (Å²) in [6.07, 6.45) is 0. The topological polar surface area (TPSA) is 24.5 Å². The fraction of sp³-hybridized carbons (Fsp3) is 0.571. The Morgan fingerprint density at radius 2 is 2.06 bits per heavy atom. The summed E-state index contributed by atoms with van der Waals surface area (Å²) in [6.45, 7) is 6.23. The summed E-state index contributed by atoms with van der Waals surface area (Å²) in [7, 11) is 1.77. The Balaban J connectivity index is 1.92. The maximum atomic E-state index is 5.24. The van der Waals surface area contributed by atoms with Gasteiger partial charge in [-0.3, -0.25) is 4.90 Å². The van der Waals surface area contributed by atoms with Crippen LogP contribution in [0.2, 0.25) is 0 Å². The molecule has 1 saturated heterocycles. The van der Waals surface area contributed by atoms with E-state index in [1.165, 1.54) is 5.56 Å². The molecule has 1 heterocycles. The quantitative estimate of drug-likeness (QED) is 0.854. The van der Waals surface area contributed by atoms with Crippen LogP contribution in [0.3, 0.4) is 0 Å². The fourth-order valence-electron chi connectivity index (χ4n) is 2.55. The van der Waals surface area contributed by atoms with E-state index in [1.807, 2.05) is 0 Å². The maximum Gasteiger partial charge on any atom is 0.0628 e. The van der Waals surface area contributed by atoms with Gasteiger partial charge in [-0.05, 0) is 12.5 Å². The van der Waals surface area contributed by atoms with Crippen molar-refractivity contribution in [1.29, 1.82) is 0 Å². The Morgan fingerprint density at radius 1 is 1.29 bits per heavy atom. The van der Waals surface area contributed by atoms with Gasteiger partial charge in [-0.2, -0.15) is 0 Å². The van der Waals surface area contributed by atoms with Crippen molar-refractivity contribution in [3.05, 3.63) is 35.9 Å². The zero-order chi connectivity index (χ0) is 12.1. The number of nitrogens with zero attached hydrogens (tertiary/aromatic N) is 1. The molecule has 2 rings (SSSR count). The molecular weight excluding hydrogens is 212 g/mol. The molecule has 0 aromatic heterocycles. The molecule has 0 amide bonds. The Kier molecular flexibility index (Phi) is 4.54. The van der Waals surface area contributed by atoms with E-state index in [9.17, 15) is 0 Å². The van der Waals surface area contributed by atoms with Crippen molar-refractivity contribution in [2.75, 3.05) is 26.8 Å². The van der Waals surface area contributed by atoms with Crippen molar-refractivity contribution in [2.45, 2.75) is 25.6 Å². The molecular formula is C14H22N2O. The summed E-state index contributed by atoms with van der Waals surface area (Å²) in [6, 6.07) is 11.6. The molecule has 1 N–H and O–H groups in total. The van der Waals surface area contributed by atoms with Gasteiger partial charge in [0.15, 0.2) is 0 Å². The molecule has 3 nitrogen and oxygen atoms in total. The molecule has 94 valence electrons. The van der Waals surface area contributed by atoms with Crippen LogP contribution < -0.4 is 5.32 Å². The van der Waals surface area contributed by atoms with Crippen LogP contribution in [0.4, 0.5) is 0 Å². The van der Waals surface area contributed by atoms with E-state index in [4.69, 9.17) is 4.74 Å². The number of hydrogen-bond acceptors (Lipinski definition) is 3. The SMILES string of the molecule is COC[C@H]1CN(Cc2ccccc2)C[C@H](C)N1. The summed E-state index contributed by atoms with van der Waals surface area (Å²) in [5, 5.41) is 3.57. The number of benzene rings is 1. The van der Waals surface area contributed by atoms with Crippen LogP contribution in [0.1, 0.15) is 12.5 Å². The van der Waals surface area contributed by atoms with Crippen molar-refractivity contribution in [3.63, 3.8) is 0 Å². The molecule has 0 aliphatic carbocycles. The molecule has 1 aliphatic rings. The molecule has 3 heteroatoms. The number of hydrogen-bond donors (Lipinski definition) is 1. The van der Waals surface area contributed by atoms with E-state index < -0.39 is 0 Å². The van der Waals surface area contributed by atoms with Crippen molar-refractivity contribution >= 4 is 0 Å². The van der Waals surface area contributed by atoms with E-state index in [-0.39, 0.29) is 0 Å². The lowest BCUT2D eigenvalue weighted by atomic mass is 10.1. The number of nitrogens with one attached hydrogen (secondary N) is 1. The number of rotatable bonds is 4. The van der Waals surface area contributed by atoms with Crippen molar-refractivity contribution in [1.82, 2.24) is 10.2 Å². The zero-order valence-electron chi connectivity index (χ0n) is 10.7. The van der Waals surface area contributed by atoms with Gasteiger partial charge in [0.1, 0.15) is 0 Å². The Bertz CT molecular complexity index is 328. The highest BCUT2D eigenvalue weighted by atomic mass is 16.5. The molecule has 0 bridgehead atoms. The van der Waals surface area contributed by atoms with Crippen LogP contribution >= 0.6 is 0 Å². The summed E-state index contributed by atoms with van der Waals surface area (Å²) < 4.78 is 5.24. The maximum absolute atomic E-state index is 5.24. The molecule has 0 unspecified atom stereocenters. The predicted molar refractivity (Wildman–Crippen MR) is 70.0 cm³/mol. The molecule has 2 atom stereocenters. The molecule has 17 heavy (non-hydrogen) atoms. The van der Waals surface area contributed by atoms with Crippen LogP contribution in [0.25, 0.3) is 0 Å². The predicted octanol–water partition coefficient (Wildman–Crippen LogP) is 1.50. The average Bonchev–Trinajstić information content (AvgIpc) is 2.30. The first-order valence-corrected chi connectivity index (χ1v) is 6.29. The van der Waals surface area contributed by atoms with Crippen LogP contribution in [0, 0.1) is 0 Å². The smallest absolute Gasteiger partial charge is 0.0628 e. The van der Waals surface area contributed by atoms with Gasteiger partial charge in [0.25, 0.3) is 0 Å². The molecule has 0 spiro atoms. The van der Waals surface area contributed by atoms with E-state index in [0.717, 1.165) is 26.2 Å². The lowest BCUT2D eigenvalue weighted by Gasteiger charge is -2.37. The van der Waals surface area contributed by atoms with Crippen LogP contribution in [0.15, 0.2) is 30.3 Å². The standard InChI is InChI=1S/C14H22N2O/c1-12-8-16(10-14(15-12)11-17-2)9-13-6-4-3-5-7-13/h3-7,12,14-15H,8-11H2,1-2H3/t12-,14+/m0/s1. The Labute approximate surface area is 104 Å². The first kappa shape index (κ1) is 12.6. The van der Waals surface area contributed by atoms with Crippen LogP contribution in [-0.4, -0.2) is 43.8 Å². The molecule has 1 aliphatic heterocycles. The third-order valence-corrected chi connectivity index (χ3v) is 3.15. The lowest BCUT2D eigenvalue weighted by Crippen LogP contribution is -2.56. The van der Waals surface area contributed by atoms with Gasteiger partial charge in [0, 0.05) is 38.8 Å². The number of methoxy groups -OCH3 is 1. The molecule has 0 radical (unpaired) electrons. The van der Waals surface area contributed by atoms with E-state index in [1.54, 1.807) is 7.11 Å². The van der Waals surface area contributed by atoms with Gasteiger partial charge < -0.3 is 10.1 Å². The van der Waals surface area contributed by atoms with Gasteiger partial charge in [0.05, 0.1) is 6.61 Å². The first-order valence-electron chi connectivity index (χ1n) is 6.29. The normalized spacial score (nSPS) is 26.0. The minimum absolute atomic E-state index is 0.451. The van der Waals surface area contributed by atoms with Crippen LogP contribution in [0.5, 0.6) is 0 Å². The van der Waals surface area contributed by atoms with Crippen molar-refractivity contribution < 1.29 is 4.74 Å². The Hall–Kier alpha value is -0.900. The summed E-state index contributed by atoms with van der Waals surface area (Å²) in [4.78, 5) is 2.50. The average molecular weight is 234 g/mol. The second-order valence-corrected chi connectivity index (χ2v) is 4.90. The fourth-order valence-corrected chi connectivity index (χ4v) is 2.55. The summed E-state index contributed by atoms with van der Waals surface area (Å²) in [5.74, 6) is 0. The second-order valence-electron chi connectivity index (χ2n) is 4.90. The second kappa shape index (κ2) is 6.15. The van der Waals surface area contributed by atoms with Gasteiger partial charge in [-0.1, -0.05) is 30.3 Å². The van der Waals surface area contributed by atoms with Gasteiger partial charge in [-0.15, -0.1) is 0 Å². The number of piperazine rings is 1. The highest BCUT2D eigenvalue weighted by Crippen LogP contribution is 2.10. The minimum atomic E-state index is 0.451. The van der Waals surface area contributed by atoms with Gasteiger partial charge in [-0.25, -0.2) is 0 Å². The summed E-state index contributed by atoms with van der Waals surface area (Å²) in [5.41, 5.74) is 1.39.